The van der Waals surface area contributed by atoms with E-state index in [0.717, 1.165) is 4.47 Å². The molecule has 0 saturated carbocycles. The molecule has 1 aliphatic heterocycles. The summed E-state index contributed by atoms with van der Waals surface area (Å²) in [5, 5.41) is 0. The molecule has 1 aromatic rings. The quantitative estimate of drug-likeness (QED) is 0.851. The van der Waals surface area contributed by atoms with E-state index in [1.807, 2.05) is 6.92 Å². The Hall–Kier alpha value is 0.0500. The topological polar surface area (TPSA) is 55.4 Å². The Balaban J connectivity index is 2.33. The number of ether oxygens (including phenoxy) is 1. The van der Waals surface area contributed by atoms with Crippen molar-refractivity contribution in [3.8, 4) is 0 Å². The molecule has 1 aliphatic rings. The van der Waals surface area contributed by atoms with Gasteiger partial charge in [0.15, 0.2) is 0 Å². The van der Waals surface area contributed by atoms with Gasteiger partial charge < -0.3 is 4.74 Å². The lowest BCUT2D eigenvalue weighted by Gasteiger charge is -2.23. The highest BCUT2D eigenvalue weighted by Gasteiger charge is 2.35. The van der Waals surface area contributed by atoms with Crippen LogP contribution in [0.3, 0.4) is 0 Å². The average Bonchev–Trinajstić information content (AvgIpc) is 2.67. The van der Waals surface area contributed by atoms with Crippen molar-refractivity contribution in [1.29, 1.82) is 0 Å². The normalized spacial score (nSPS) is 24.4. The summed E-state index contributed by atoms with van der Waals surface area (Å²) in [7, 11) is -3.56. The molecule has 1 unspecified atom stereocenters. The van der Waals surface area contributed by atoms with Crippen LogP contribution in [0.5, 0.6) is 0 Å². The first kappa shape index (κ1) is 14.5. The number of sulfonamides is 1. The largest absolute Gasteiger partial charge is 0.379 e. The van der Waals surface area contributed by atoms with Crippen LogP contribution in [0.1, 0.15) is 13.3 Å². The van der Waals surface area contributed by atoms with Crippen LogP contribution in [0.15, 0.2) is 32.0 Å². The Kier molecular flexibility index (Phi) is 4.18. The van der Waals surface area contributed by atoms with Gasteiger partial charge in [0.1, 0.15) is 0 Å². The zero-order valence-electron chi connectivity index (χ0n) is 9.74. The summed E-state index contributed by atoms with van der Waals surface area (Å²) in [5.74, 6) is 0. The predicted octanol–water partition coefficient (Wildman–Crippen LogP) is 2.67. The molecule has 1 N–H and O–H groups in total. The molecular weight excluding hydrogens is 386 g/mol. The van der Waals surface area contributed by atoms with Crippen molar-refractivity contribution in [1.82, 2.24) is 4.72 Å². The third-order valence-corrected chi connectivity index (χ3v) is 5.91. The molecule has 0 bridgehead atoms. The Morgan fingerprint density at radius 3 is 2.72 bits per heavy atom. The number of nitrogens with one attached hydrogen (secondary N) is 1. The van der Waals surface area contributed by atoms with Crippen LogP contribution >= 0.6 is 31.9 Å². The molecule has 18 heavy (non-hydrogen) atoms. The minimum Gasteiger partial charge on any atom is -0.379 e. The maximum Gasteiger partial charge on any atom is 0.242 e. The minimum absolute atomic E-state index is 0.227. The third kappa shape index (κ3) is 3.14. The molecule has 0 spiro atoms. The summed E-state index contributed by atoms with van der Waals surface area (Å²) in [6.07, 6.45) is 0.678. The van der Waals surface area contributed by atoms with E-state index in [-0.39, 0.29) is 4.90 Å². The van der Waals surface area contributed by atoms with Crippen LogP contribution in [0.25, 0.3) is 0 Å². The first-order valence-electron chi connectivity index (χ1n) is 5.39. The third-order valence-electron chi connectivity index (χ3n) is 2.78. The predicted molar refractivity (Wildman–Crippen MR) is 76.0 cm³/mol. The number of benzene rings is 1. The molecule has 0 aromatic heterocycles. The van der Waals surface area contributed by atoms with E-state index in [0.29, 0.717) is 24.1 Å². The minimum atomic E-state index is -3.56. The molecule has 1 heterocycles. The molecule has 2 rings (SSSR count). The van der Waals surface area contributed by atoms with Crippen LogP contribution in [-0.2, 0) is 14.8 Å². The van der Waals surface area contributed by atoms with Crippen molar-refractivity contribution >= 4 is 41.9 Å². The van der Waals surface area contributed by atoms with Gasteiger partial charge in [-0.3, -0.25) is 0 Å². The molecule has 0 amide bonds. The van der Waals surface area contributed by atoms with Crippen molar-refractivity contribution in [2.24, 2.45) is 0 Å². The number of rotatable bonds is 3. The highest BCUT2D eigenvalue weighted by Crippen LogP contribution is 2.28. The first-order valence-corrected chi connectivity index (χ1v) is 8.46. The molecule has 1 fully saturated rings. The standard InChI is InChI=1S/C11H13Br2NO3S/c1-11(4-5-17-7-11)14-18(15,16)10-6-8(12)2-3-9(10)13/h2-3,6,14H,4-5,7H2,1H3. The molecule has 7 heteroatoms. The van der Waals surface area contributed by atoms with Gasteiger partial charge in [-0.05, 0) is 47.5 Å². The van der Waals surface area contributed by atoms with Gasteiger partial charge in [0.2, 0.25) is 10.0 Å². The molecule has 4 nitrogen and oxygen atoms in total. The van der Waals surface area contributed by atoms with Crippen molar-refractivity contribution in [3.63, 3.8) is 0 Å². The summed E-state index contributed by atoms with van der Waals surface area (Å²) in [6, 6.07) is 5.06. The maximum atomic E-state index is 12.3. The molecular formula is C11H13Br2NO3S. The van der Waals surface area contributed by atoms with Crippen LogP contribution in [-0.4, -0.2) is 27.2 Å². The van der Waals surface area contributed by atoms with Crippen LogP contribution < -0.4 is 4.72 Å². The monoisotopic (exact) mass is 397 g/mol. The molecule has 0 radical (unpaired) electrons. The summed E-state index contributed by atoms with van der Waals surface area (Å²) in [5.41, 5.74) is -0.527. The van der Waals surface area contributed by atoms with Crippen LogP contribution in [0.4, 0.5) is 0 Å². The second-order valence-corrected chi connectivity index (χ2v) is 7.96. The number of halogens is 2. The highest BCUT2D eigenvalue weighted by molar-refractivity contribution is 9.11. The van der Waals surface area contributed by atoms with Crippen molar-refractivity contribution in [3.05, 3.63) is 27.1 Å². The van der Waals surface area contributed by atoms with Gasteiger partial charge in [-0.15, -0.1) is 0 Å². The van der Waals surface area contributed by atoms with Crippen molar-refractivity contribution < 1.29 is 13.2 Å². The lowest BCUT2D eigenvalue weighted by Crippen LogP contribution is -2.46. The van der Waals surface area contributed by atoms with E-state index < -0.39 is 15.6 Å². The van der Waals surface area contributed by atoms with E-state index in [4.69, 9.17) is 4.74 Å². The van der Waals surface area contributed by atoms with Gasteiger partial charge in [-0.1, -0.05) is 15.9 Å². The maximum absolute atomic E-state index is 12.3. The smallest absolute Gasteiger partial charge is 0.242 e. The lowest BCUT2D eigenvalue weighted by atomic mass is 10.0. The van der Waals surface area contributed by atoms with E-state index in [1.54, 1.807) is 18.2 Å². The van der Waals surface area contributed by atoms with E-state index in [1.165, 1.54) is 0 Å². The Labute approximate surface area is 123 Å². The molecule has 1 atom stereocenters. The fourth-order valence-corrected chi connectivity index (χ4v) is 4.74. The summed E-state index contributed by atoms with van der Waals surface area (Å²) in [4.78, 5) is 0.227. The van der Waals surface area contributed by atoms with Crippen LogP contribution in [0.2, 0.25) is 0 Å². The average molecular weight is 399 g/mol. The van der Waals surface area contributed by atoms with Gasteiger partial charge in [-0.2, -0.15) is 0 Å². The van der Waals surface area contributed by atoms with E-state index in [2.05, 4.69) is 36.6 Å². The van der Waals surface area contributed by atoms with Gasteiger partial charge in [0.25, 0.3) is 0 Å². The number of hydrogen-bond donors (Lipinski definition) is 1. The Morgan fingerprint density at radius 2 is 2.11 bits per heavy atom. The first-order chi connectivity index (χ1) is 8.32. The summed E-state index contributed by atoms with van der Waals surface area (Å²) >= 11 is 6.54. The van der Waals surface area contributed by atoms with Crippen LogP contribution in [0, 0.1) is 0 Å². The summed E-state index contributed by atoms with van der Waals surface area (Å²) in [6.45, 7) is 2.83. The highest BCUT2D eigenvalue weighted by atomic mass is 79.9. The van der Waals surface area contributed by atoms with Gasteiger partial charge >= 0.3 is 0 Å². The zero-order valence-corrected chi connectivity index (χ0v) is 13.7. The molecule has 1 aromatic carbocycles. The second-order valence-electron chi connectivity index (χ2n) is 4.54. The van der Waals surface area contributed by atoms with Gasteiger partial charge in [-0.25, -0.2) is 13.1 Å². The lowest BCUT2D eigenvalue weighted by molar-refractivity contribution is 0.178. The van der Waals surface area contributed by atoms with Crippen molar-refractivity contribution in [2.45, 2.75) is 23.8 Å². The zero-order chi connectivity index (χ0) is 13.4. The van der Waals surface area contributed by atoms with Gasteiger partial charge in [0.05, 0.1) is 17.0 Å². The Morgan fingerprint density at radius 1 is 1.39 bits per heavy atom. The molecule has 0 aliphatic carbocycles. The van der Waals surface area contributed by atoms with Gasteiger partial charge in [0, 0.05) is 15.6 Å². The van der Waals surface area contributed by atoms with E-state index in [9.17, 15) is 8.42 Å². The van der Waals surface area contributed by atoms with Crippen molar-refractivity contribution in [2.75, 3.05) is 13.2 Å². The fraction of sp³-hybridized carbons (Fsp3) is 0.455. The number of hydrogen-bond acceptors (Lipinski definition) is 3. The second kappa shape index (κ2) is 5.20. The SMILES string of the molecule is CC1(NS(=O)(=O)c2cc(Br)ccc2Br)CCOC1. The summed E-state index contributed by atoms with van der Waals surface area (Å²) < 4.78 is 33.9. The fourth-order valence-electron chi connectivity index (χ4n) is 1.81. The molecule has 1 saturated heterocycles. The Bertz CT molecular complexity index is 553. The van der Waals surface area contributed by atoms with E-state index >= 15 is 0 Å². The molecule has 100 valence electrons.